The number of ether oxygens (including phenoxy) is 3. The van der Waals surface area contributed by atoms with Crippen molar-refractivity contribution in [2.45, 2.75) is 51.0 Å². The molecule has 13 heteroatoms. The third kappa shape index (κ3) is 8.93. The molecule has 0 saturated carbocycles. The summed E-state index contributed by atoms with van der Waals surface area (Å²) in [5.41, 5.74) is 12.3. The van der Waals surface area contributed by atoms with E-state index in [1.54, 1.807) is 18.3 Å². The maximum Gasteiger partial charge on any atom is 0.310 e. The van der Waals surface area contributed by atoms with Crippen molar-refractivity contribution in [2.24, 2.45) is 11.7 Å². The van der Waals surface area contributed by atoms with Gasteiger partial charge in [-0.25, -0.2) is 8.42 Å². The smallest absolute Gasteiger partial charge is 0.310 e. The monoisotopic (exact) mass is 723 g/mol. The molecule has 11 nitrogen and oxygen atoms in total. The first-order chi connectivity index (χ1) is 23.8. The summed E-state index contributed by atoms with van der Waals surface area (Å²) >= 11 is 6.59. The number of sulfone groups is 1. The van der Waals surface area contributed by atoms with E-state index >= 15 is 0 Å². The van der Waals surface area contributed by atoms with E-state index in [-0.39, 0.29) is 24.7 Å². The van der Waals surface area contributed by atoms with E-state index in [0.29, 0.717) is 60.3 Å². The predicted molar refractivity (Wildman–Crippen MR) is 190 cm³/mol. The number of nitrogens with two attached hydrogens (primary N) is 1. The Bertz CT molecular complexity index is 1960. The normalized spacial score (nSPS) is 16.4. The molecule has 3 aromatic carbocycles. The van der Waals surface area contributed by atoms with E-state index in [1.165, 1.54) is 12.3 Å². The van der Waals surface area contributed by atoms with Crippen LogP contribution in [0.4, 0.5) is 0 Å². The van der Waals surface area contributed by atoms with Crippen LogP contribution in [0.1, 0.15) is 34.2 Å². The number of carboxylic acid groups (broad SMARTS) is 1. The van der Waals surface area contributed by atoms with Crippen LogP contribution in [0.2, 0.25) is 5.02 Å². The number of carboxylic acids is 1. The highest BCUT2D eigenvalue weighted by molar-refractivity contribution is 7.90. The van der Waals surface area contributed by atoms with Crippen LogP contribution in [0.15, 0.2) is 71.9 Å². The number of aliphatic hydroxyl groups is 1. The number of hydrogen-bond acceptors (Lipinski definition) is 10. The van der Waals surface area contributed by atoms with Gasteiger partial charge in [0.1, 0.15) is 30.5 Å². The molecule has 4 N–H and O–H groups in total. The topological polar surface area (TPSA) is 162 Å². The van der Waals surface area contributed by atoms with E-state index in [2.05, 4.69) is 17.1 Å². The number of pyridine rings is 1. The SMILES string of the molecule is Cc1c(COc2cc(OCc3cncc(S(C)(=O)=O)c3)c(CN)cc2Cl)cccc1-c1cccc(OCCCN2CC(O)C(C(=O)O)C2)c1C. The highest BCUT2D eigenvalue weighted by Gasteiger charge is 2.36. The number of aliphatic hydroxyl groups excluding tert-OH is 1. The second-order valence-electron chi connectivity index (χ2n) is 12.5. The van der Waals surface area contributed by atoms with Crippen molar-refractivity contribution in [1.82, 2.24) is 9.88 Å². The Morgan fingerprint density at radius 2 is 1.66 bits per heavy atom. The maximum absolute atomic E-state index is 12.0. The lowest BCUT2D eigenvalue weighted by Gasteiger charge is -2.18. The average Bonchev–Trinajstić information content (AvgIpc) is 3.47. The lowest BCUT2D eigenvalue weighted by Crippen LogP contribution is -2.26. The van der Waals surface area contributed by atoms with E-state index in [4.69, 9.17) is 31.5 Å². The van der Waals surface area contributed by atoms with Crippen molar-refractivity contribution in [2.75, 3.05) is 32.5 Å². The van der Waals surface area contributed by atoms with Crippen molar-refractivity contribution in [3.05, 3.63) is 99.8 Å². The summed E-state index contributed by atoms with van der Waals surface area (Å²) in [4.78, 5) is 17.4. The Kier molecular flexibility index (Phi) is 12.0. The second-order valence-corrected chi connectivity index (χ2v) is 14.9. The number of carbonyl (C=O) groups is 1. The number of β-amino-alcohol motifs (C(OH)–C–C–N with tert-alkyl or cyclic N) is 1. The van der Waals surface area contributed by atoms with Gasteiger partial charge >= 0.3 is 5.97 Å². The number of benzene rings is 3. The van der Waals surface area contributed by atoms with Crippen LogP contribution in [0.25, 0.3) is 11.1 Å². The molecule has 50 heavy (non-hydrogen) atoms. The first-order valence-electron chi connectivity index (χ1n) is 16.2. The van der Waals surface area contributed by atoms with Gasteiger partial charge in [-0.1, -0.05) is 41.9 Å². The summed E-state index contributed by atoms with van der Waals surface area (Å²) in [6.45, 7) is 6.35. The van der Waals surface area contributed by atoms with Gasteiger partial charge in [-0.05, 0) is 66.3 Å². The summed E-state index contributed by atoms with van der Waals surface area (Å²) in [5, 5.41) is 19.6. The van der Waals surface area contributed by atoms with Gasteiger partial charge in [0.05, 0.1) is 28.5 Å². The van der Waals surface area contributed by atoms with Crippen LogP contribution in [-0.2, 0) is 34.4 Å². The zero-order valence-corrected chi connectivity index (χ0v) is 29.8. The van der Waals surface area contributed by atoms with Crippen LogP contribution in [0, 0.1) is 19.8 Å². The molecule has 0 radical (unpaired) electrons. The van der Waals surface area contributed by atoms with Crippen LogP contribution in [-0.4, -0.2) is 73.1 Å². The van der Waals surface area contributed by atoms with Crippen LogP contribution in [0.5, 0.6) is 17.2 Å². The standard InChI is InChI=1S/C37H42ClN3O8S/c1-23-26(22-49-36-15-35(27(16-39)14-32(36)38)48-21-25-13-28(18-40-17-25)50(3,45)46)7-4-8-29(23)30-9-5-10-34(24(30)2)47-12-6-11-41-19-31(37(43)44)33(42)20-41/h4-5,7-10,13-15,17-18,31,33,42H,6,11-12,16,19-22,39H2,1-3H3,(H,43,44). The minimum absolute atomic E-state index is 0.0729. The fourth-order valence-electron chi connectivity index (χ4n) is 6.00. The largest absolute Gasteiger partial charge is 0.493 e. The molecule has 0 amide bonds. The van der Waals surface area contributed by atoms with Crippen LogP contribution in [0.3, 0.4) is 0 Å². The molecule has 266 valence electrons. The van der Waals surface area contributed by atoms with E-state index in [9.17, 15) is 23.4 Å². The van der Waals surface area contributed by atoms with Gasteiger partial charge < -0.3 is 30.2 Å². The average molecular weight is 724 g/mol. The molecule has 0 spiro atoms. The molecular formula is C37H42ClN3O8S. The molecule has 1 fully saturated rings. The Morgan fingerprint density at radius 3 is 2.36 bits per heavy atom. The fraction of sp³-hybridized carbons (Fsp3) is 0.351. The molecule has 0 aliphatic carbocycles. The molecule has 1 saturated heterocycles. The van der Waals surface area contributed by atoms with Gasteiger partial charge in [-0.3, -0.25) is 14.7 Å². The summed E-state index contributed by atoms with van der Waals surface area (Å²) in [7, 11) is -3.41. The third-order valence-electron chi connectivity index (χ3n) is 8.89. The van der Waals surface area contributed by atoms with Crippen molar-refractivity contribution >= 4 is 27.4 Å². The summed E-state index contributed by atoms with van der Waals surface area (Å²) in [6, 6.07) is 16.9. The Balaban J connectivity index is 1.24. The van der Waals surface area contributed by atoms with E-state index in [0.717, 1.165) is 39.8 Å². The Morgan fingerprint density at radius 1 is 0.940 bits per heavy atom. The number of aromatic nitrogens is 1. The van der Waals surface area contributed by atoms with E-state index in [1.807, 2.05) is 43.0 Å². The number of halogens is 1. The molecule has 2 atom stereocenters. The first kappa shape index (κ1) is 37.1. The minimum Gasteiger partial charge on any atom is -0.493 e. The zero-order chi connectivity index (χ0) is 36.0. The quantitative estimate of drug-likeness (QED) is 0.139. The summed E-state index contributed by atoms with van der Waals surface area (Å²) in [5.74, 6) is -0.0582. The highest BCUT2D eigenvalue weighted by atomic mass is 35.5. The number of hydrogen-bond donors (Lipinski definition) is 3. The summed E-state index contributed by atoms with van der Waals surface area (Å²) < 4.78 is 42.3. The summed E-state index contributed by atoms with van der Waals surface area (Å²) in [6.07, 6.45) is 3.82. The van der Waals surface area contributed by atoms with Crippen molar-refractivity contribution in [3.63, 3.8) is 0 Å². The highest BCUT2D eigenvalue weighted by Crippen LogP contribution is 2.36. The Labute approximate surface area is 297 Å². The minimum atomic E-state index is -3.41. The van der Waals surface area contributed by atoms with Gasteiger partial charge in [-0.2, -0.15) is 0 Å². The van der Waals surface area contributed by atoms with Gasteiger partial charge in [0.2, 0.25) is 0 Å². The lowest BCUT2D eigenvalue weighted by atomic mass is 9.93. The molecule has 1 aliphatic rings. The van der Waals surface area contributed by atoms with Gasteiger partial charge in [0.25, 0.3) is 0 Å². The molecule has 0 bridgehead atoms. The Hall–Kier alpha value is -4.20. The van der Waals surface area contributed by atoms with E-state index < -0.39 is 27.8 Å². The van der Waals surface area contributed by atoms with Crippen molar-refractivity contribution in [3.8, 4) is 28.4 Å². The number of rotatable bonds is 15. The van der Waals surface area contributed by atoms with Crippen LogP contribution >= 0.6 is 11.6 Å². The number of nitrogens with zero attached hydrogens (tertiary/aromatic N) is 2. The molecule has 4 aromatic rings. The predicted octanol–water partition coefficient (Wildman–Crippen LogP) is 5.19. The van der Waals surface area contributed by atoms with Crippen LogP contribution < -0.4 is 19.9 Å². The molecule has 5 rings (SSSR count). The van der Waals surface area contributed by atoms with Gasteiger partial charge in [0.15, 0.2) is 9.84 Å². The lowest BCUT2D eigenvalue weighted by molar-refractivity contribution is -0.143. The molecule has 1 aromatic heterocycles. The zero-order valence-electron chi connectivity index (χ0n) is 28.3. The second kappa shape index (κ2) is 16.2. The molecular weight excluding hydrogens is 682 g/mol. The molecule has 1 aliphatic heterocycles. The molecule has 2 unspecified atom stereocenters. The van der Waals surface area contributed by atoms with Gasteiger partial charge in [0, 0.05) is 62.0 Å². The van der Waals surface area contributed by atoms with Crippen molar-refractivity contribution in [1.29, 1.82) is 0 Å². The fourth-order valence-corrected chi connectivity index (χ4v) is 6.86. The molecule has 2 heterocycles. The number of aliphatic carboxylic acids is 1. The third-order valence-corrected chi connectivity index (χ3v) is 10.3. The van der Waals surface area contributed by atoms with Gasteiger partial charge in [-0.15, -0.1) is 0 Å². The van der Waals surface area contributed by atoms with Crippen molar-refractivity contribution < 1.29 is 37.6 Å². The first-order valence-corrected chi connectivity index (χ1v) is 18.5. The maximum atomic E-state index is 12.0. The number of likely N-dealkylation sites (tertiary alicyclic amines) is 1.